The van der Waals surface area contributed by atoms with Gasteiger partial charge in [-0.2, -0.15) is 0 Å². The van der Waals surface area contributed by atoms with Gasteiger partial charge in [0.15, 0.2) is 6.29 Å². The van der Waals surface area contributed by atoms with E-state index in [4.69, 9.17) is 14.2 Å². The molecule has 0 aliphatic heterocycles. The van der Waals surface area contributed by atoms with Gasteiger partial charge < -0.3 is 14.2 Å². The molecule has 0 aliphatic carbocycles. The lowest BCUT2D eigenvalue weighted by atomic mass is 10.2. The number of ether oxygens (including phenoxy) is 3. The van der Waals surface area contributed by atoms with E-state index in [1.165, 1.54) is 0 Å². The fourth-order valence-corrected chi connectivity index (χ4v) is 1.54. The molecule has 16 heavy (non-hydrogen) atoms. The Labute approximate surface area is 100 Å². The fraction of sp³-hybridized carbons (Fsp3) is 1.00. The van der Waals surface area contributed by atoms with Gasteiger partial charge in [-0.3, -0.25) is 0 Å². The first-order valence-electron chi connectivity index (χ1n) is 6.27. The van der Waals surface area contributed by atoms with Crippen molar-refractivity contribution in [2.75, 3.05) is 0 Å². The standard InChI is InChI=1S/C13H28O3/c1-9(2)14-12(7)8-13(15-10(3)4)16-11(5)6/h9-13H,8H2,1-7H3. The van der Waals surface area contributed by atoms with Gasteiger partial charge in [-0.1, -0.05) is 0 Å². The third-order valence-corrected chi connectivity index (χ3v) is 1.88. The molecule has 98 valence electrons. The van der Waals surface area contributed by atoms with Gasteiger partial charge in [-0.05, 0) is 48.5 Å². The van der Waals surface area contributed by atoms with Crippen LogP contribution in [0.3, 0.4) is 0 Å². The van der Waals surface area contributed by atoms with Crippen molar-refractivity contribution >= 4 is 0 Å². The van der Waals surface area contributed by atoms with E-state index in [1.807, 2.05) is 41.5 Å². The molecule has 1 atom stereocenters. The van der Waals surface area contributed by atoms with Crippen LogP contribution in [0.1, 0.15) is 54.9 Å². The van der Waals surface area contributed by atoms with Crippen molar-refractivity contribution < 1.29 is 14.2 Å². The summed E-state index contributed by atoms with van der Waals surface area (Å²) < 4.78 is 17.1. The molecular formula is C13H28O3. The van der Waals surface area contributed by atoms with Crippen molar-refractivity contribution in [3.8, 4) is 0 Å². The van der Waals surface area contributed by atoms with Crippen molar-refractivity contribution in [1.29, 1.82) is 0 Å². The second-order valence-electron chi connectivity index (χ2n) is 5.03. The van der Waals surface area contributed by atoms with E-state index in [1.54, 1.807) is 0 Å². The fourth-order valence-electron chi connectivity index (χ4n) is 1.54. The predicted octanol–water partition coefficient (Wildman–Crippen LogP) is 3.37. The molecule has 0 radical (unpaired) electrons. The van der Waals surface area contributed by atoms with Crippen molar-refractivity contribution in [2.45, 2.75) is 85.6 Å². The molecule has 1 unspecified atom stereocenters. The van der Waals surface area contributed by atoms with Crippen molar-refractivity contribution in [3.63, 3.8) is 0 Å². The van der Waals surface area contributed by atoms with E-state index in [0.29, 0.717) is 0 Å². The maximum atomic E-state index is 5.71. The lowest BCUT2D eigenvalue weighted by molar-refractivity contribution is -0.197. The van der Waals surface area contributed by atoms with Crippen LogP contribution in [0, 0.1) is 0 Å². The highest BCUT2D eigenvalue weighted by Gasteiger charge is 2.18. The van der Waals surface area contributed by atoms with E-state index in [0.717, 1.165) is 6.42 Å². The molecule has 0 aliphatic rings. The third kappa shape index (κ3) is 9.13. The number of hydrogen-bond donors (Lipinski definition) is 0. The van der Waals surface area contributed by atoms with E-state index >= 15 is 0 Å². The molecule has 0 amide bonds. The quantitative estimate of drug-likeness (QED) is 0.601. The molecule has 0 bridgehead atoms. The topological polar surface area (TPSA) is 27.7 Å². The Morgan fingerprint density at radius 3 is 1.31 bits per heavy atom. The maximum Gasteiger partial charge on any atom is 0.160 e. The van der Waals surface area contributed by atoms with E-state index < -0.39 is 0 Å². The van der Waals surface area contributed by atoms with Crippen molar-refractivity contribution in [1.82, 2.24) is 0 Å². The van der Waals surface area contributed by atoms with Crippen LogP contribution in [0.5, 0.6) is 0 Å². The van der Waals surface area contributed by atoms with Gasteiger partial charge in [0.25, 0.3) is 0 Å². The van der Waals surface area contributed by atoms with Crippen LogP contribution in [-0.4, -0.2) is 30.7 Å². The molecule has 0 N–H and O–H groups in total. The molecule has 0 spiro atoms. The minimum Gasteiger partial charge on any atom is -0.376 e. The first-order valence-corrected chi connectivity index (χ1v) is 6.27. The van der Waals surface area contributed by atoms with Gasteiger partial charge in [0, 0.05) is 6.42 Å². The van der Waals surface area contributed by atoms with Gasteiger partial charge in [0.2, 0.25) is 0 Å². The average Bonchev–Trinajstić information content (AvgIpc) is 1.97. The van der Waals surface area contributed by atoms with Gasteiger partial charge >= 0.3 is 0 Å². The summed E-state index contributed by atoms with van der Waals surface area (Å²) in [7, 11) is 0. The normalized spacial score (nSPS) is 14.4. The average molecular weight is 232 g/mol. The Hall–Kier alpha value is -0.120. The SMILES string of the molecule is CC(C)OC(C)CC(OC(C)C)OC(C)C. The molecule has 0 heterocycles. The summed E-state index contributed by atoms with van der Waals surface area (Å²) in [5.74, 6) is 0. The summed E-state index contributed by atoms with van der Waals surface area (Å²) in [5.41, 5.74) is 0. The van der Waals surface area contributed by atoms with Crippen molar-refractivity contribution in [2.24, 2.45) is 0 Å². The molecule has 0 saturated heterocycles. The Morgan fingerprint density at radius 1 is 0.625 bits per heavy atom. The zero-order chi connectivity index (χ0) is 12.7. The number of rotatable bonds is 8. The molecule has 3 nitrogen and oxygen atoms in total. The summed E-state index contributed by atoms with van der Waals surface area (Å²) in [5, 5.41) is 0. The van der Waals surface area contributed by atoms with Gasteiger partial charge in [0.1, 0.15) is 0 Å². The van der Waals surface area contributed by atoms with E-state index in [2.05, 4.69) is 6.92 Å². The van der Waals surface area contributed by atoms with Crippen LogP contribution in [0.2, 0.25) is 0 Å². The minimum atomic E-state index is -0.172. The minimum absolute atomic E-state index is 0.155. The smallest absolute Gasteiger partial charge is 0.160 e. The zero-order valence-corrected chi connectivity index (χ0v) is 11.8. The van der Waals surface area contributed by atoms with Gasteiger partial charge in [0.05, 0.1) is 24.4 Å². The van der Waals surface area contributed by atoms with Crippen LogP contribution in [0.4, 0.5) is 0 Å². The molecule has 0 saturated carbocycles. The summed E-state index contributed by atoms with van der Waals surface area (Å²) in [4.78, 5) is 0. The van der Waals surface area contributed by atoms with Crippen LogP contribution < -0.4 is 0 Å². The highest BCUT2D eigenvalue weighted by Crippen LogP contribution is 2.13. The van der Waals surface area contributed by atoms with Crippen LogP contribution in [-0.2, 0) is 14.2 Å². The first-order chi connectivity index (χ1) is 7.31. The highest BCUT2D eigenvalue weighted by molar-refractivity contribution is 4.58. The molecule has 0 fully saturated rings. The molecule has 0 aromatic heterocycles. The molecular weight excluding hydrogens is 204 g/mol. The van der Waals surface area contributed by atoms with Crippen LogP contribution in [0.15, 0.2) is 0 Å². The van der Waals surface area contributed by atoms with Crippen LogP contribution in [0.25, 0.3) is 0 Å². The Kier molecular flexibility index (Phi) is 7.98. The molecule has 3 heteroatoms. The largest absolute Gasteiger partial charge is 0.376 e. The molecule has 0 aromatic carbocycles. The second kappa shape index (κ2) is 8.04. The molecule has 0 rings (SSSR count). The van der Waals surface area contributed by atoms with Gasteiger partial charge in [-0.15, -0.1) is 0 Å². The summed E-state index contributed by atoms with van der Waals surface area (Å²) in [6.07, 6.45) is 1.35. The molecule has 0 aromatic rings. The Balaban J connectivity index is 4.08. The Morgan fingerprint density at radius 2 is 1.00 bits per heavy atom. The maximum absolute atomic E-state index is 5.71. The van der Waals surface area contributed by atoms with Crippen LogP contribution >= 0.6 is 0 Å². The zero-order valence-electron chi connectivity index (χ0n) is 11.8. The Bertz CT molecular complexity index is 157. The summed E-state index contributed by atoms with van der Waals surface area (Å²) >= 11 is 0. The highest BCUT2D eigenvalue weighted by atomic mass is 16.7. The van der Waals surface area contributed by atoms with Gasteiger partial charge in [-0.25, -0.2) is 0 Å². The third-order valence-electron chi connectivity index (χ3n) is 1.88. The first kappa shape index (κ1) is 15.9. The predicted molar refractivity (Wildman–Crippen MR) is 66.5 cm³/mol. The van der Waals surface area contributed by atoms with E-state index in [-0.39, 0.29) is 30.7 Å². The second-order valence-corrected chi connectivity index (χ2v) is 5.03. The summed E-state index contributed by atoms with van der Waals surface area (Å²) in [6.45, 7) is 14.2. The van der Waals surface area contributed by atoms with Crippen molar-refractivity contribution in [3.05, 3.63) is 0 Å². The lowest BCUT2D eigenvalue weighted by Gasteiger charge is -2.26. The number of hydrogen-bond acceptors (Lipinski definition) is 3. The van der Waals surface area contributed by atoms with E-state index in [9.17, 15) is 0 Å². The lowest BCUT2D eigenvalue weighted by Crippen LogP contribution is -2.29. The monoisotopic (exact) mass is 232 g/mol. The summed E-state index contributed by atoms with van der Waals surface area (Å²) in [6, 6.07) is 0.